The summed E-state index contributed by atoms with van der Waals surface area (Å²) in [5, 5.41) is 4.40. The number of anilines is 2. The predicted octanol–water partition coefficient (Wildman–Crippen LogP) is 1.74. The Morgan fingerprint density at radius 1 is 1.32 bits per heavy atom. The lowest BCUT2D eigenvalue weighted by Crippen LogP contribution is -2.44. The minimum Gasteiger partial charge on any atom is -0.497 e. The Kier molecular flexibility index (Phi) is 4.65. The van der Waals surface area contributed by atoms with Crippen molar-refractivity contribution in [1.82, 2.24) is 15.3 Å². The van der Waals surface area contributed by atoms with Crippen LogP contribution in [0.3, 0.4) is 0 Å². The van der Waals surface area contributed by atoms with E-state index in [1.54, 1.807) is 7.11 Å². The van der Waals surface area contributed by atoms with Gasteiger partial charge in [0.1, 0.15) is 16.8 Å². The van der Waals surface area contributed by atoms with E-state index < -0.39 is 0 Å². The lowest BCUT2D eigenvalue weighted by molar-refractivity contribution is 0.415. The van der Waals surface area contributed by atoms with Crippen molar-refractivity contribution in [3.63, 3.8) is 0 Å². The van der Waals surface area contributed by atoms with Gasteiger partial charge in [0.05, 0.1) is 12.5 Å². The maximum Gasteiger partial charge on any atom is 0.222 e. The quantitative estimate of drug-likeness (QED) is 0.701. The van der Waals surface area contributed by atoms with Gasteiger partial charge in [0, 0.05) is 25.2 Å². The molecule has 2 fully saturated rings. The summed E-state index contributed by atoms with van der Waals surface area (Å²) < 4.78 is 11.4. The number of benzene rings is 1. The Morgan fingerprint density at radius 3 is 2.84 bits per heavy atom. The molecule has 2 aliphatic rings. The number of nitrogen functional groups attached to an aromatic ring is 1. The zero-order valence-electron chi connectivity index (χ0n) is 13.7. The summed E-state index contributed by atoms with van der Waals surface area (Å²) in [5.41, 5.74) is 8.19. The third-order valence-electron chi connectivity index (χ3n) is 4.85. The highest BCUT2D eigenvalue weighted by Crippen LogP contribution is 2.38. The molecule has 2 atom stereocenters. The lowest BCUT2D eigenvalue weighted by Gasteiger charge is -2.28. The second-order valence-corrected chi connectivity index (χ2v) is 6.19. The van der Waals surface area contributed by atoms with E-state index in [0.717, 1.165) is 47.6 Å². The Morgan fingerprint density at radius 2 is 2.16 bits per heavy atom. The van der Waals surface area contributed by atoms with E-state index in [1.165, 1.54) is 0 Å². The van der Waals surface area contributed by atoms with Crippen LogP contribution in [-0.2, 0) is 0 Å². The molecule has 2 aromatic heterocycles. The number of nitrogens with zero attached hydrogens (tertiary/aromatic N) is 3. The number of fused-ring (bicyclic) bond motifs is 5. The van der Waals surface area contributed by atoms with Crippen LogP contribution in [0.5, 0.6) is 5.75 Å². The number of piperazine rings is 1. The lowest BCUT2D eigenvalue weighted by atomic mass is 10.2. The van der Waals surface area contributed by atoms with E-state index in [1.807, 2.05) is 18.2 Å². The van der Waals surface area contributed by atoms with E-state index in [2.05, 4.69) is 20.2 Å². The number of rotatable bonds is 2. The molecule has 0 amide bonds. The Bertz CT molecular complexity index is 932. The van der Waals surface area contributed by atoms with Gasteiger partial charge in [-0.15, -0.1) is 0 Å². The summed E-state index contributed by atoms with van der Waals surface area (Å²) >= 11 is 0. The van der Waals surface area contributed by atoms with Crippen molar-refractivity contribution in [2.75, 3.05) is 30.8 Å². The first-order valence-corrected chi connectivity index (χ1v) is 7.77. The van der Waals surface area contributed by atoms with Crippen LogP contribution in [0.15, 0.2) is 22.6 Å². The molecule has 3 N–H and O–H groups in total. The van der Waals surface area contributed by atoms with Crippen molar-refractivity contribution in [2.24, 2.45) is 0 Å². The highest BCUT2D eigenvalue weighted by Gasteiger charge is 2.39. The fourth-order valence-electron chi connectivity index (χ4n) is 3.77. The van der Waals surface area contributed by atoms with Crippen LogP contribution in [0.25, 0.3) is 22.1 Å². The minimum absolute atomic E-state index is 0. The van der Waals surface area contributed by atoms with Crippen LogP contribution >= 0.6 is 27.0 Å². The van der Waals surface area contributed by atoms with Crippen LogP contribution in [-0.4, -0.2) is 42.3 Å². The third kappa shape index (κ3) is 2.66. The number of hydrogen-bond donors (Lipinski definition) is 2. The zero-order chi connectivity index (χ0) is 15.6. The van der Waals surface area contributed by atoms with Crippen LogP contribution in [0.1, 0.15) is 6.42 Å². The molecule has 7 nitrogen and oxygen atoms in total. The molecule has 9 heteroatoms. The summed E-state index contributed by atoms with van der Waals surface area (Å²) in [6.45, 7) is 1.90. The Balaban J connectivity index is 0.000000911. The van der Waals surface area contributed by atoms with E-state index >= 15 is 0 Å². The van der Waals surface area contributed by atoms with Crippen molar-refractivity contribution in [2.45, 2.75) is 18.5 Å². The third-order valence-corrected chi connectivity index (χ3v) is 4.85. The summed E-state index contributed by atoms with van der Waals surface area (Å²) in [5.74, 6) is 1.84. The number of aromatic nitrogens is 2. The molecule has 0 radical (unpaired) electrons. The van der Waals surface area contributed by atoms with Gasteiger partial charge in [-0.25, -0.2) is 4.98 Å². The number of methoxy groups -OCH3 is 1. The summed E-state index contributed by atoms with van der Waals surface area (Å²) in [6, 6.07) is 6.67. The molecule has 0 spiro atoms. The molecule has 134 valence electrons. The van der Waals surface area contributed by atoms with Crippen molar-refractivity contribution < 1.29 is 9.15 Å². The molecular weight excluding hydrogens is 358 g/mol. The second kappa shape index (κ2) is 6.47. The van der Waals surface area contributed by atoms with Crippen molar-refractivity contribution >= 4 is 60.8 Å². The molecule has 0 aliphatic carbocycles. The first-order valence-electron chi connectivity index (χ1n) is 7.77. The highest BCUT2D eigenvalue weighted by molar-refractivity contribution is 7.59. The summed E-state index contributed by atoms with van der Waals surface area (Å²) in [7, 11) is 1.65. The molecular formula is C16H21N5O2S2. The molecule has 4 heterocycles. The summed E-state index contributed by atoms with van der Waals surface area (Å²) in [6.07, 6.45) is 1.14. The fourth-order valence-corrected chi connectivity index (χ4v) is 3.77. The van der Waals surface area contributed by atoms with E-state index in [4.69, 9.17) is 14.9 Å². The zero-order valence-corrected chi connectivity index (χ0v) is 15.7. The SMILES string of the molecule is COc1ccc2oc3c(N4CC5C[C@H]4CN5)nc(N)nc3c2c1.S.S. The molecule has 3 aromatic rings. The van der Waals surface area contributed by atoms with Gasteiger partial charge in [0.25, 0.3) is 0 Å². The summed E-state index contributed by atoms with van der Waals surface area (Å²) in [4.78, 5) is 11.2. The first kappa shape index (κ1) is 18.0. The number of nitrogens with one attached hydrogen (secondary N) is 1. The van der Waals surface area contributed by atoms with E-state index in [-0.39, 0.29) is 32.9 Å². The van der Waals surface area contributed by atoms with Crippen LogP contribution < -0.4 is 20.7 Å². The maximum atomic E-state index is 6.06. The van der Waals surface area contributed by atoms with Crippen LogP contribution in [0.2, 0.25) is 0 Å². The minimum atomic E-state index is 0. The molecule has 25 heavy (non-hydrogen) atoms. The van der Waals surface area contributed by atoms with E-state index in [9.17, 15) is 0 Å². The molecule has 2 aliphatic heterocycles. The normalized spacial score (nSPS) is 21.4. The average molecular weight is 380 g/mol. The van der Waals surface area contributed by atoms with Crippen molar-refractivity contribution in [1.29, 1.82) is 0 Å². The number of ether oxygens (including phenoxy) is 1. The molecule has 5 rings (SSSR count). The predicted molar refractivity (Wildman–Crippen MR) is 109 cm³/mol. The molecule has 1 unspecified atom stereocenters. The van der Waals surface area contributed by atoms with Gasteiger partial charge in [0.2, 0.25) is 5.95 Å². The molecule has 2 saturated heterocycles. The topological polar surface area (TPSA) is 89.4 Å². The van der Waals surface area contributed by atoms with Gasteiger partial charge in [-0.2, -0.15) is 32.0 Å². The van der Waals surface area contributed by atoms with Crippen LogP contribution in [0.4, 0.5) is 11.8 Å². The first-order chi connectivity index (χ1) is 11.2. The second-order valence-electron chi connectivity index (χ2n) is 6.19. The Hall–Kier alpha value is -1.84. The highest BCUT2D eigenvalue weighted by atomic mass is 32.1. The standard InChI is InChI=1S/C16H17N5O2.2H2S/c1-22-10-2-3-12-11(5-10)13-14(23-12)15(20-16(17)19-13)21-7-8-4-9(21)6-18-8;;/h2-3,5,8-9,18H,4,6-7H2,1H3,(H2,17,19,20);2*1H2/t8?,9-;;/m0../s1. The van der Waals surface area contributed by atoms with Gasteiger partial charge >= 0.3 is 0 Å². The maximum absolute atomic E-state index is 6.06. The smallest absolute Gasteiger partial charge is 0.222 e. The van der Waals surface area contributed by atoms with Gasteiger partial charge in [-0.3, -0.25) is 0 Å². The number of nitrogens with two attached hydrogens (primary N) is 1. The van der Waals surface area contributed by atoms with Gasteiger partial charge in [-0.1, -0.05) is 0 Å². The van der Waals surface area contributed by atoms with Crippen molar-refractivity contribution in [3.8, 4) is 5.75 Å². The van der Waals surface area contributed by atoms with E-state index in [0.29, 0.717) is 17.7 Å². The number of hydrogen-bond acceptors (Lipinski definition) is 7. The fraction of sp³-hybridized carbons (Fsp3) is 0.375. The number of furan rings is 1. The Labute approximate surface area is 158 Å². The average Bonchev–Trinajstić information content (AvgIpc) is 3.27. The van der Waals surface area contributed by atoms with Gasteiger partial charge in [-0.05, 0) is 24.6 Å². The largest absolute Gasteiger partial charge is 0.497 e. The van der Waals surface area contributed by atoms with Gasteiger partial charge in [0.15, 0.2) is 11.4 Å². The van der Waals surface area contributed by atoms with Crippen LogP contribution in [0, 0.1) is 0 Å². The molecule has 2 bridgehead atoms. The molecule has 0 saturated carbocycles. The van der Waals surface area contributed by atoms with Crippen molar-refractivity contribution in [3.05, 3.63) is 18.2 Å². The van der Waals surface area contributed by atoms with Gasteiger partial charge < -0.3 is 25.1 Å². The molecule has 1 aromatic carbocycles. The monoisotopic (exact) mass is 379 g/mol.